The Morgan fingerprint density at radius 1 is 1.00 bits per heavy atom. The van der Waals surface area contributed by atoms with E-state index in [0.29, 0.717) is 30.1 Å². The predicted octanol–water partition coefficient (Wildman–Crippen LogP) is 1.42. The van der Waals surface area contributed by atoms with Crippen LogP contribution >= 0.6 is 11.9 Å². The monoisotopic (exact) mass is 426 g/mol. The molecule has 3 heterocycles. The summed E-state index contributed by atoms with van der Waals surface area (Å²) < 4.78 is 2.55. The Kier molecular flexibility index (Phi) is 9.55. The predicted molar refractivity (Wildman–Crippen MR) is 126 cm³/mol. The molecule has 0 amide bonds. The van der Waals surface area contributed by atoms with Gasteiger partial charge in [0.2, 0.25) is 0 Å². The largest absolute Gasteiger partial charge is 0.327 e. The third-order valence-corrected chi connectivity index (χ3v) is 8.54. The quantitative estimate of drug-likeness (QED) is 0.532. The van der Waals surface area contributed by atoms with Crippen molar-refractivity contribution in [3.8, 4) is 0 Å². The van der Waals surface area contributed by atoms with Crippen LogP contribution in [0.2, 0.25) is 0 Å². The molecule has 5 N–H and O–H groups in total. The second-order valence-electron chi connectivity index (χ2n) is 10.0. The average Bonchev–Trinajstić information content (AvgIpc) is 2.95. The smallest absolute Gasteiger partial charge is 0.0215 e. The molecule has 0 aromatic carbocycles. The lowest BCUT2D eigenvalue weighted by Gasteiger charge is -2.43. The van der Waals surface area contributed by atoms with Crippen molar-refractivity contribution >= 4 is 11.9 Å². The first-order valence-corrected chi connectivity index (χ1v) is 12.9. The Morgan fingerprint density at radius 3 is 2.59 bits per heavy atom. The Morgan fingerprint density at radius 2 is 1.83 bits per heavy atom. The van der Waals surface area contributed by atoms with Gasteiger partial charge in [-0.1, -0.05) is 11.9 Å². The molecule has 0 aromatic heterocycles. The summed E-state index contributed by atoms with van der Waals surface area (Å²) in [6.07, 6.45) is 4.93. The van der Waals surface area contributed by atoms with Gasteiger partial charge in [-0.25, -0.2) is 4.31 Å². The summed E-state index contributed by atoms with van der Waals surface area (Å²) in [7, 11) is 0. The summed E-state index contributed by atoms with van der Waals surface area (Å²) in [6.45, 7) is 16.2. The molecular formula is C22H46N6S. The van der Waals surface area contributed by atoms with Gasteiger partial charge in [0.1, 0.15) is 0 Å². The lowest BCUT2D eigenvalue weighted by atomic mass is 9.87. The SMILES string of the molecule is CC(C)N1CC(CC(C)N2CCC(CSN3CCCNCC3)C(N)C2)C[C@@H](N)C1. The van der Waals surface area contributed by atoms with E-state index < -0.39 is 0 Å². The Bertz CT molecular complexity index is 470. The summed E-state index contributed by atoms with van der Waals surface area (Å²) in [5.41, 5.74) is 13.0. The zero-order valence-corrected chi connectivity index (χ0v) is 19.9. The highest BCUT2D eigenvalue weighted by molar-refractivity contribution is 7.97. The minimum absolute atomic E-state index is 0.310. The third kappa shape index (κ3) is 7.34. The third-order valence-electron chi connectivity index (χ3n) is 7.23. The van der Waals surface area contributed by atoms with E-state index in [1.807, 2.05) is 11.9 Å². The van der Waals surface area contributed by atoms with Gasteiger partial charge in [-0.2, -0.15) is 0 Å². The van der Waals surface area contributed by atoms with E-state index in [9.17, 15) is 0 Å². The Balaban J connectivity index is 1.41. The van der Waals surface area contributed by atoms with Gasteiger partial charge in [-0.05, 0) is 71.4 Å². The van der Waals surface area contributed by atoms with E-state index in [-0.39, 0.29) is 0 Å². The van der Waals surface area contributed by atoms with E-state index in [0.717, 1.165) is 38.6 Å². The topological polar surface area (TPSA) is 73.8 Å². The first-order valence-electron chi connectivity index (χ1n) is 12.0. The van der Waals surface area contributed by atoms with Crippen LogP contribution in [0.5, 0.6) is 0 Å². The van der Waals surface area contributed by atoms with Gasteiger partial charge < -0.3 is 16.8 Å². The van der Waals surface area contributed by atoms with Gasteiger partial charge in [0.05, 0.1) is 0 Å². The van der Waals surface area contributed by atoms with Gasteiger partial charge >= 0.3 is 0 Å². The van der Waals surface area contributed by atoms with E-state index in [1.165, 1.54) is 51.1 Å². The number of hydrogen-bond donors (Lipinski definition) is 3. The molecule has 0 bridgehead atoms. The van der Waals surface area contributed by atoms with Gasteiger partial charge in [-0.15, -0.1) is 0 Å². The molecule has 6 nitrogen and oxygen atoms in total. The number of rotatable bonds is 7. The Labute approximate surface area is 183 Å². The van der Waals surface area contributed by atoms with Gasteiger partial charge in [0.25, 0.3) is 0 Å². The standard InChI is InChI=1S/C22H46N6S/c1-17(2)27-13-19(12-21(23)14-27)11-18(3)26-9-5-20(22(24)15-26)16-29-28-8-4-6-25-7-10-28/h17-22,25H,4-16,23-24H2,1-3H3/t18?,19?,20?,21-,22?/m1/s1. The second-order valence-corrected chi connectivity index (χ2v) is 11.1. The number of nitrogens with zero attached hydrogens (tertiary/aromatic N) is 3. The van der Waals surface area contributed by atoms with Crippen molar-refractivity contribution in [3.05, 3.63) is 0 Å². The normalized spacial score (nSPS) is 35.0. The van der Waals surface area contributed by atoms with Crippen LogP contribution in [0.4, 0.5) is 0 Å². The fourth-order valence-electron chi connectivity index (χ4n) is 5.32. The zero-order valence-electron chi connectivity index (χ0n) is 19.1. The molecule has 4 unspecified atom stereocenters. The number of hydrogen-bond acceptors (Lipinski definition) is 7. The van der Waals surface area contributed by atoms with E-state index in [1.54, 1.807) is 0 Å². The molecule has 170 valence electrons. The fraction of sp³-hybridized carbons (Fsp3) is 1.00. The number of likely N-dealkylation sites (tertiary alicyclic amines) is 2. The van der Waals surface area contributed by atoms with Crippen molar-refractivity contribution in [2.45, 2.75) is 70.6 Å². The summed E-state index contributed by atoms with van der Waals surface area (Å²) in [6, 6.07) is 1.85. The lowest BCUT2D eigenvalue weighted by molar-refractivity contribution is 0.0781. The average molecular weight is 427 g/mol. The van der Waals surface area contributed by atoms with Crippen LogP contribution in [-0.2, 0) is 0 Å². The highest BCUT2D eigenvalue weighted by Gasteiger charge is 2.32. The molecular weight excluding hydrogens is 380 g/mol. The lowest BCUT2D eigenvalue weighted by Crippen LogP contribution is -2.54. The zero-order chi connectivity index (χ0) is 20.8. The molecule has 0 aromatic rings. The molecule has 0 spiro atoms. The summed E-state index contributed by atoms with van der Waals surface area (Å²) >= 11 is 2.04. The highest BCUT2D eigenvalue weighted by atomic mass is 32.2. The van der Waals surface area contributed by atoms with E-state index in [2.05, 4.69) is 40.2 Å². The summed E-state index contributed by atoms with van der Waals surface area (Å²) in [5.74, 6) is 2.56. The van der Waals surface area contributed by atoms with Crippen LogP contribution in [0, 0.1) is 11.8 Å². The Hall–Kier alpha value is 0.110. The second kappa shape index (κ2) is 11.7. The number of piperidine rings is 2. The maximum atomic E-state index is 6.66. The number of nitrogens with one attached hydrogen (secondary N) is 1. The van der Waals surface area contributed by atoms with Crippen molar-refractivity contribution in [1.29, 1.82) is 0 Å². The van der Waals surface area contributed by atoms with E-state index >= 15 is 0 Å². The molecule has 3 aliphatic heterocycles. The molecule has 3 rings (SSSR count). The fourth-order valence-corrected chi connectivity index (χ4v) is 6.62. The van der Waals surface area contributed by atoms with Crippen LogP contribution in [0.3, 0.4) is 0 Å². The van der Waals surface area contributed by atoms with Gasteiger partial charge in [0, 0.05) is 69.2 Å². The molecule has 0 saturated carbocycles. The molecule has 0 aliphatic carbocycles. The van der Waals surface area contributed by atoms with Crippen LogP contribution < -0.4 is 16.8 Å². The van der Waals surface area contributed by atoms with Crippen molar-refractivity contribution in [3.63, 3.8) is 0 Å². The summed E-state index contributed by atoms with van der Waals surface area (Å²) in [4.78, 5) is 5.22. The molecule has 3 fully saturated rings. The maximum absolute atomic E-state index is 6.66. The molecule has 0 radical (unpaired) electrons. The minimum Gasteiger partial charge on any atom is -0.327 e. The van der Waals surface area contributed by atoms with Crippen LogP contribution in [-0.4, -0.2) is 96.4 Å². The highest BCUT2D eigenvalue weighted by Crippen LogP contribution is 2.28. The van der Waals surface area contributed by atoms with Crippen LogP contribution in [0.15, 0.2) is 0 Å². The first-order chi connectivity index (χ1) is 13.9. The molecule has 3 saturated heterocycles. The number of nitrogens with two attached hydrogens (primary N) is 2. The van der Waals surface area contributed by atoms with Crippen LogP contribution in [0.1, 0.15) is 46.5 Å². The van der Waals surface area contributed by atoms with Crippen molar-refractivity contribution < 1.29 is 0 Å². The van der Waals surface area contributed by atoms with Gasteiger partial charge in [0.15, 0.2) is 0 Å². The summed E-state index contributed by atoms with van der Waals surface area (Å²) in [5, 5.41) is 3.49. The van der Waals surface area contributed by atoms with Crippen LogP contribution in [0.25, 0.3) is 0 Å². The van der Waals surface area contributed by atoms with Crippen molar-refractivity contribution in [2.24, 2.45) is 23.3 Å². The van der Waals surface area contributed by atoms with Crippen molar-refractivity contribution in [1.82, 2.24) is 19.4 Å². The first kappa shape index (κ1) is 23.8. The molecule has 5 atom stereocenters. The van der Waals surface area contributed by atoms with Gasteiger partial charge in [-0.3, -0.25) is 9.80 Å². The molecule has 3 aliphatic rings. The van der Waals surface area contributed by atoms with Crippen molar-refractivity contribution in [2.75, 3.05) is 58.1 Å². The van der Waals surface area contributed by atoms with E-state index in [4.69, 9.17) is 11.5 Å². The maximum Gasteiger partial charge on any atom is 0.0215 e. The minimum atomic E-state index is 0.310. The molecule has 7 heteroatoms. The molecule has 29 heavy (non-hydrogen) atoms.